The molecule has 2 heterocycles. The summed E-state index contributed by atoms with van der Waals surface area (Å²) in [7, 11) is 0. The molecule has 2 atom stereocenters. The summed E-state index contributed by atoms with van der Waals surface area (Å²) in [4.78, 5) is 0. The molecule has 4 nitrogen and oxygen atoms in total. The molecule has 0 amide bonds. The van der Waals surface area contributed by atoms with Gasteiger partial charge in [0.25, 0.3) is 0 Å². The summed E-state index contributed by atoms with van der Waals surface area (Å²) in [6.07, 6.45) is 9.22. The second kappa shape index (κ2) is 18.6. The van der Waals surface area contributed by atoms with Crippen molar-refractivity contribution in [2.24, 2.45) is 10.8 Å². The number of halogens is 2. The van der Waals surface area contributed by atoms with E-state index in [1.54, 1.807) is 11.1 Å². The van der Waals surface area contributed by atoms with Crippen molar-refractivity contribution in [1.82, 2.24) is 0 Å². The van der Waals surface area contributed by atoms with Crippen LogP contribution in [0.1, 0.15) is 149 Å². The minimum atomic E-state index is -4.26. The predicted octanol–water partition coefficient (Wildman–Crippen LogP) is 15.5. The van der Waals surface area contributed by atoms with Gasteiger partial charge in [-0.1, -0.05) is 0 Å². The van der Waals surface area contributed by atoms with Gasteiger partial charge in [-0.25, -0.2) is 0 Å². The number of allylic oxidation sites excluding steroid dienone is 2. The molecule has 2 aliphatic carbocycles. The molecule has 66 heavy (non-hydrogen) atoms. The Morgan fingerprint density at radius 3 is 1.15 bits per heavy atom. The normalized spacial score (nSPS) is 22.0. The molecular formula is C58H80Cl2O4SiZr. The SMILES string of the molecule is CCC1(CC2=Cc3c(-c4ccccc4C(C)(C)C)cccc3[CH]2[Zr]([CH3])([CH3])(=[SiH2])[CH]2C(CC3(CC)COC(C)(C)OC3)=Cc3c(-c4ccccc4C(C)(C)C)cccc32)COC(C)(C)OC1.Cl.Cl. The van der Waals surface area contributed by atoms with Crippen LogP contribution in [0, 0.1) is 10.8 Å². The minimum Gasteiger partial charge on any atom is -0.147 e. The summed E-state index contributed by atoms with van der Waals surface area (Å²) >= 11 is -4.26. The molecule has 0 saturated carbocycles. The Morgan fingerprint density at radius 2 is 0.833 bits per heavy atom. The Labute approximate surface area is 413 Å². The zero-order valence-corrected chi connectivity index (χ0v) is 48.2. The van der Waals surface area contributed by atoms with Gasteiger partial charge in [0.15, 0.2) is 0 Å². The molecule has 0 bridgehead atoms. The maximum Gasteiger partial charge on any atom is -0.147 e. The molecule has 8 rings (SSSR count). The zero-order valence-electron chi connectivity index (χ0n) is 42.7. The van der Waals surface area contributed by atoms with Crippen LogP contribution in [0.3, 0.4) is 0 Å². The van der Waals surface area contributed by atoms with Crippen molar-refractivity contribution in [3.63, 3.8) is 0 Å². The minimum absolute atomic E-state index is 0. The van der Waals surface area contributed by atoms with E-state index < -0.39 is 29.0 Å². The number of hydrogen-bond donors (Lipinski definition) is 0. The van der Waals surface area contributed by atoms with Crippen molar-refractivity contribution in [3.05, 3.63) is 129 Å². The zero-order chi connectivity index (χ0) is 46.3. The number of hydrogen-bond acceptors (Lipinski definition) is 4. The van der Waals surface area contributed by atoms with E-state index in [1.807, 2.05) is 0 Å². The predicted molar refractivity (Wildman–Crippen MR) is 284 cm³/mol. The number of rotatable bonds is 10. The van der Waals surface area contributed by atoms with Crippen LogP contribution in [-0.4, -0.2) is 44.9 Å². The van der Waals surface area contributed by atoms with Crippen molar-refractivity contribution in [2.45, 2.75) is 148 Å². The summed E-state index contributed by atoms with van der Waals surface area (Å²) in [6.45, 7) is 32.3. The number of fused-ring (bicyclic) bond motifs is 2. The van der Waals surface area contributed by atoms with E-state index in [-0.39, 0.29) is 46.5 Å². The average molecular weight is 1030 g/mol. The summed E-state index contributed by atoms with van der Waals surface area (Å²) < 4.78 is 32.5. The molecule has 2 saturated heterocycles. The summed E-state index contributed by atoms with van der Waals surface area (Å²) in [5.41, 5.74) is 17.0. The Morgan fingerprint density at radius 1 is 0.515 bits per heavy atom. The number of benzene rings is 4. The van der Waals surface area contributed by atoms with Crippen LogP contribution in [0.4, 0.5) is 0 Å². The van der Waals surface area contributed by atoms with E-state index in [0.717, 1.165) is 25.7 Å². The third-order valence-corrected chi connectivity index (χ3v) is 33.3. The van der Waals surface area contributed by atoms with E-state index in [0.29, 0.717) is 33.7 Å². The van der Waals surface area contributed by atoms with Crippen molar-refractivity contribution < 1.29 is 36.3 Å². The first kappa shape index (κ1) is 53.2. The van der Waals surface area contributed by atoms with Crippen LogP contribution in [0.15, 0.2) is 96.1 Å². The van der Waals surface area contributed by atoms with Gasteiger partial charge in [-0.15, -0.1) is 24.8 Å². The van der Waals surface area contributed by atoms with Gasteiger partial charge in [-0.3, -0.25) is 0 Å². The molecule has 8 heteroatoms. The van der Waals surface area contributed by atoms with E-state index in [2.05, 4.69) is 196 Å². The molecule has 0 radical (unpaired) electrons. The van der Waals surface area contributed by atoms with Crippen molar-refractivity contribution in [3.8, 4) is 22.3 Å². The third-order valence-electron chi connectivity index (χ3n) is 15.8. The van der Waals surface area contributed by atoms with E-state index >= 15 is 0 Å². The van der Waals surface area contributed by atoms with Crippen LogP contribution < -0.4 is 0 Å². The maximum atomic E-state index is 6.56. The molecule has 4 aromatic rings. The van der Waals surface area contributed by atoms with Crippen molar-refractivity contribution in [1.29, 1.82) is 0 Å². The first-order valence-electron chi connectivity index (χ1n) is 24.3. The summed E-state index contributed by atoms with van der Waals surface area (Å²) in [5, 5.41) is 0. The Balaban J connectivity index is 0.00000360. The van der Waals surface area contributed by atoms with Gasteiger partial charge in [-0.05, 0) is 0 Å². The first-order chi connectivity index (χ1) is 29.8. The molecule has 0 aromatic heterocycles. The molecular weight excluding hydrogens is 951 g/mol. The molecule has 0 spiro atoms. The molecule has 0 N–H and O–H groups in total. The molecule has 2 aliphatic heterocycles. The molecule has 2 fully saturated rings. The van der Waals surface area contributed by atoms with Crippen LogP contribution in [0.2, 0.25) is 9.26 Å². The van der Waals surface area contributed by atoms with Crippen LogP contribution >= 0.6 is 24.8 Å². The van der Waals surface area contributed by atoms with Gasteiger partial charge in [-0.2, -0.15) is 0 Å². The monoisotopic (exact) mass is 1030 g/mol. The average Bonchev–Trinajstić information content (AvgIpc) is 3.81. The van der Waals surface area contributed by atoms with Gasteiger partial charge in [0.1, 0.15) is 0 Å². The third kappa shape index (κ3) is 9.94. The van der Waals surface area contributed by atoms with E-state index in [9.17, 15) is 0 Å². The summed E-state index contributed by atoms with van der Waals surface area (Å²) in [6, 6.07) is 32.8. The topological polar surface area (TPSA) is 36.9 Å². The quantitative estimate of drug-likeness (QED) is 0.148. The van der Waals surface area contributed by atoms with Crippen molar-refractivity contribution >= 4 is 43.8 Å². The molecule has 4 aliphatic rings. The van der Waals surface area contributed by atoms with Crippen LogP contribution in [-0.2, 0) is 47.2 Å². The fraction of sp³-hybridized carbons (Fsp3) is 0.517. The standard InChI is InChI=1S/2C28H35O2.2CH3.2ClH.H2Si.Zr/c2*1-7-28(18-29-27(5,6)30-19-28)17-20-15-21-11-10-13-22(24(21)16-20)23-12-8-9-14-25(23)26(2,3)4;;;;;;/h2*8-16H,7,17-19H2,1-6H3;2*1H3;2*1H;1H2;. The Hall–Kier alpha value is -2.12. The van der Waals surface area contributed by atoms with Gasteiger partial charge < -0.3 is 0 Å². The molecule has 2 unspecified atom stereocenters. The smallest absolute Gasteiger partial charge is 0.147 e. The number of ether oxygens (including phenoxy) is 4. The first-order valence-corrected chi connectivity index (χ1v) is 38.0. The van der Waals surface area contributed by atoms with Crippen molar-refractivity contribution in [2.75, 3.05) is 26.4 Å². The fourth-order valence-corrected chi connectivity index (χ4v) is 31.7. The Bertz CT molecular complexity index is 2390. The van der Waals surface area contributed by atoms with E-state index in [1.165, 1.54) is 55.6 Å². The van der Waals surface area contributed by atoms with Crippen LogP contribution in [0.5, 0.6) is 0 Å². The van der Waals surface area contributed by atoms with E-state index in [4.69, 9.17) is 18.9 Å². The second-order valence-electron chi connectivity index (χ2n) is 24.5. The second-order valence-corrected chi connectivity index (χ2v) is 54.9. The van der Waals surface area contributed by atoms with Gasteiger partial charge in [0.05, 0.1) is 0 Å². The van der Waals surface area contributed by atoms with Gasteiger partial charge >= 0.3 is 392 Å². The molecule has 358 valence electrons. The fourth-order valence-electron chi connectivity index (χ4n) is 12.1. The molecule has 4 aromatic carbocycles. The van der Waals surface area contributed by atoms with Gasteiger partial charge in [0.2, 0.25) is 0 Å². The Kier molecular flexibility index (Phi) is 15.0. The van der Waals surface area contributed by atoms with Crippen LogP contribution in [0.25, 0.3) is 34.4 Å². The maximum absolute atomic E-state index is 6.56. The summed E-state index contributed by atoms with van der Waals surface area (Å²) in [5.74, 6) is -1.15. The largest absolute Gasteiger partial charge is 0.147 e. The van der Waals surface area contributed by atoms with Gasteiger partial charge in [0, 0.05) is 0 Å².